The summed E-state index contributed by atoms with van der Waals surface area (Å²) in [6.45, 7) is 5.49. The van der Waals surface area contributed by atoms with Crippen molar-refractivity contribution in [3.05, 3.63) is 22.7 Å². The molecule has 3 rings (SSSR count). The lowest BCUT2D eigenvalue weighted by molar-refractivity contribution is -0.122. The molecular weight excluding hydrogens is 386 g/mol. The fraction of sp³-hybridized carbons (Fsp3) is 0.556. The number of carbonyl (C=O) groups excluding carboxylic acids is 2. The molecule has 1 aromatic rings. The topological polar surface area (TPSA) is 84.7 Å². The third-order valence-corrected chi connectivity index (χ3v) is 5.22. The number of hydrogen-bond acceptors (Lipinski definition) is 4. The second-order valence-electron chi connectivity index (χ2n) is 7.78. The van der Waals surface area contributed by atoms with Gasteiger partial charge in [-0.15, -0.1) is 0 Å². The SMILES string of the molecule is CC(C)(C)OC(=O)N1C2CCC(C2)C1C(=O)Nc1ccc(Br)cc1N. The Hall–Kier alpha value is -1.76. The van der Waals surface area contributed by atoms with Crippen LogP contribution in [0.25, 0.3) is 0 Å². The number of rotatable bonds is 2. The van der Waals surface area contributed by atoms with Crippen LogP contribution in [0.3, 0.4) is 0 Å². The molecular formula is C18H24BrN3O3. The molecule has 2 aliphatic rings. The van der Waals surface area contributed by atoms with Gasteiger partial charge in [0.2, 0.25) is 5.91 Å². The summed E-state index contributed by atoms with van der Waals surface area (Å²) in [5.41, 5.74) is 6.42. The van der Waals surface area contributed by atoms with Crippen molar-refractivity contribution in [2.45, 2.75) is 57.7 Å². The minimum absolute atomic E-state index is 0.0814. The van der Waals surface area contributed by atoms with Crippen LogP contribution in [0, 0.1) is 5.92 Å². The molecule has 2 bridgehead atoms. The van der Waals surface area contributed by atoms with Crippen molar-refractivity contribution >= 4 is 39.3 Å². The molecule has 136 valence electrons. The van der Waals surface area contributed by atoms with E-state index in [4.69, 9.17) is 10.5 Å². The zero-order valence-electron chi connectivity index (χ0n) is 14.7. The van der Waals surface area contributed by atoms with Gasteiger partial charge in [0.25, 0.3) is 0 Å². The molecule has 2 fully saturated rings. The molecule has 0 radical (unpaired) electrons. The smallest absolute Gasteiger partial charge is 0.411 e. The summed E-state index contributed by atoms with van der Waals surface area (Å²) in [4.78, 5) is 27.1. The summed E-state index contributed by atoms with van der Waals surface area (Å²) in [6.07, 6.45) is 2.32. The summed E-state index contributed by atoms with van der Waals surface area (Å²) in [7, 11) is 0. The van der Waals surface area contributed by atoms with E-state index >= 15 is 0 Å². The monoisotopic (exact) mass is 409 g/mol. The van der Waals surface area contributed by atoms with Gasteiger partial charge in [0.05, 0.1) is 11.4 Å². The molecule has 1 saturated carbocycles. The van der Waals surface area contributed by atoms with E-state index in [1.807, 2.05) is 26.8 Å². The highest BCUT2D eigenvalue weighted by Gasteiger charge is 2.52. The zero-order chi connectivity index (χ0) is 18.4. The first kappa shape index (κ1) is 18.0. The number of ether oxygens (including phenoxy) is 1. The summed E-state index contributed by atoms with van der Waals surface area (Å²) >= 11 is 3.35. The molecule has 1 aliphatic heterocycles. The van der Waals surface area contributed by atoms with E-state index in [9.17, 15) is 9.59 Å². The van der Waals surface area contributed by atoms with Gasteiger partial charge in [0, 0.05) is 10.5 Å². The Morgan fingerprint density at radius 3 is 2.68 bits per heavy atom. The van der Waals surface area contributed by atoms with Crippen LogP contribution in [0.4, 0.5) is 16.2 Å². The summed E-state index contributed by atoms with van der Waals surface area (Å²) < 4.78 is 6.37. The van der Waals surface area contributed by atoms with E-state index in [-0.39, 0.29) is 17.9 Å². The van der Waals surface area contributed by atoms with Crippen molar-refractivity contribution in [2.24, 2.45) is 5.92 Å². The average Bonchev–Trinajstić information content (AvgIpc) is 3.09. The van der Waals surface area contributed by atoms with E-state index in [1.54, 1.807) is 17.0 Å². The highest BCUT2D eigenvalue weighted by molar-refractivity contribution is 9.10. The van der Waals surface area contributed by atoms with E-state index in [0.717, 1.165) is 23.7 Å². The first-order chi connectivity index (χ1) is 11.7. The lowest BCUT2D eigenvalue weighted by Crippen LogP contribution is -2.52. The molecule has 1 aromatic carbocycles. The predicted octanol–water partition coefficient (Wildman–Crippen LogP) is 3.76. The van der Waals surface area contributed by atoms with Crippen LogP contribution in [-0.4, -0.2) is 34.6 Å². The number of amides is 2. The van der Waals surface area contributed by atoms with Gasteiger partial charge in [0.15, 0.2) is 0 Å². The van der Waals surface area contributed by atoms with Crippen LogP contribution in [0.1, 0.15) is 40.0 Å². The summed E-state index contributed by atoms with van der Waals surface area (Å²) in [5.74, 6) is -0.0266. The minimum atomic E-state index is -0.587. The Morgan fingerprint density at radius 1 is 1.32 bits per heavy atom. The number of hydrogen-bond donors (Lipinski definition) is 2. The molecule has 6 nitrogen and oxygen atoms in total. The van der Waals surface area contributed by atoms with Gasteiger partial charge in [-0.3, -0.25) is 9.69 Å². The average molecular weight is 410 g/mol. The van der Waals surface area contributed by atoms with E-state index in [0.29, 0.717) is 11.4 Å². The summed E-state index contributed by atoms with van der Waals surface area (Å²) in [6, 6.07) is 4.89. The Morgan fingerprint density at radius 2 is 2.04 bits per heavy atom. The molecule has 3 unspecified atom stereocenters. The van der Waals surface area contributed by atoms with Crippen molar-refractivity contribution in [3.8, 4) is 0 Å². The molecule has 1 heterocycles. The third kappa shape index (κ3) is 3.76. The van der Waals surface area contributed by atoms with Crippen LogP contribution in [-0.2, 0) is 9.53 Å². The quantitative estimate of drug-likeness (QED) is 0.728. The van der Waals surface area contributed by atoms with Crippen LogP contribution in [0.5, 0.6) is 0 Å². The molecule has 7 heteroatoms. The lowest BCUT2D eigenvalue weighted by atomic mass is 9.98. The van der Waals surface area contributed by atoms with Crippen molar-refractivity contribution < 1.29 is 14.3 Å². The first-order valence-corrected chi connectivity index (χ1v) is 9.32. The second-order valence-corrected chi connectivity index (χ2v) is 8.70. The maximum Gasteiger partial charge on any atom is 0.411 e. The number of nitrogens with zero attached hydrogens (tertiary/aromatic N) is 1. The van der Waals surface area contributed by atoms with Gasteiger partial charge in [0.1, 0.15) is 11.6 Å². The summed E-state index contributed by atoms with van der Waals surface area (Å²) in [5, 5.41) is 2.88. The normalized spacial score (nSPS) is 25.1. The number of benzene rings is 1. The fourth-order valence-electron chi connectivity index (χ4n) is 3.76. The number of nitrogens with one attached hydrogen (secondary N) is 1. The number of fused-ring (bicyclic) bond motifs is 2. The molecule has 25 heavy (non-hydrogen) atoms. The minimum Gasteiger partial charge on any atom is -0.444 e. The van der Waals surface area contributed by atoms with Crippen molar-refractivity contribution in [1.29, 1.82) is 0 Å². The van der Waals surface area contributed by atoms with Crippen molar-refractivity contribution in [3.63, 3.8) is 0 Å². The number of anilines is 2. The van der Waals surface area contributed by atoms with Gasteiger partial charge in [-0.25, -0.2) is 4.79 Å². The highest BCUT2D eigenvalue weighted by Crippen LogP contribution is 2.43. The molecule has 0 spiro atoms. The lowest BCUT2D eigenvalue weighted by Gasteiger charge is -2.35. The maximum atomic E-state index is 12.9. The second kappa shape index (κ2) is 6.52. The van der Waals surface area contributed by atoms with Crippen LogP contribution < -0.4 is 11.1 Å². The maximum absolute atomic E-state index is 12.9. The van der Waals surface area contributed by atoms with Crippen LogP contribution >= 0.6 is 15.9 Å². The Bertz CT molecular complexity index is 701. The number of piperidine rings is 1. The van der Waals surface area contributed by atoms with Gasteiger partial charge >= 0.3 is 6.09 Å². The largest absolute Gasteiger partial charge is 0.444 e. The molecule has 0 aromatic heterocycles. The number of halogens is 1. The Balaban J connectivity index is 1.78. The van der Waals surface area contributed by atoms with E-state index < -0.39 is 17.7 Å². The van der Waals surface area contributed by atoms with Crippen LogP contribution in [0.2, 0.25) is 0 Å². The van der Waals surface area contributed by atoms with Crippen molar-refractivity contribution in [2.75, 3.05) is 11.1 Å². The predicted molar refractivity (Wildman–Crippen MR) is 100 cm³/mol. The Kier molecular flexibility index (Phi) is 4.70. The molecule has 2 amide bonds. The van der Waals surface area contributed by atoms with E-state index in [1.165, 1.54) is 0 Å². The van der Waals surface area contributed by atoms with Gasteiger partial charge < -0.3 is 15.8 Å². The van der Waals surface area contributed by atoms with Gasteiger partial charge in [-0.05, 0) is 64.2 Å². The Labute approximate surface area is 156 Å². The number of nitrogens with two attached hydrogens (primary N) is 1. The number of nitrogen functional groups attached to an aromatic ring is 1. The standard InChI is InChI=1S/C18H24BrN3O3/c1-18(2,3)25-17(24)22-12-6-4-10(8-12)15(22)16(23)21-14-7-5-11(19)9-13(14)20/h5,7,9-10,12,15H,4,6,8,20H2,1-3H3,(H,21,23). The number of carbonyl (C=O) groups is 2. The fourth-order valence-corrected chi connectivity index (χ4v) is 4.14. The molecule has 3 atom stereocenters. The third-order valence-electron chi connectivity index (χ3n) is 4.73. The van der Waals surface area contributed by atoms with Gasteiger partial charge in [-0.1, -0.05) is 15.9 Å². The first-order valence-electron chi connectivity index (χ1n) is 8.53. The van der Waals surface area contributed by atoms with E-state index in [2.05, 4.69) is 21.2 Å². The highest BCUT2D eigenvalue weighted by atomic mass is 79.9. The molecule has 1 aliphatic carbocycles. The molecule has 3 N–H and O–H groups in total. The van der Waals surface area contributed by atoms with Crippen molar-refractivity contribution in [1.82, 2.24) is 4.90 Å². The zero-order valence-corrected chi connectivity index (χ0v) is 16.3. The number of likely N-dealkylation sites (tertiary alicyclic amines) is 1. The van der Waals surface area contributed by atoms with Gasteiger partial charge in [-0.2, -0.15) is 0 Å². The van der Waals surface area contributed by atoms with Crippen LogP contribution in [0.15, 0.2) is 22.7 Å². The molecule has 1 saturated heterocycles.